The topological polar surface area (TPSA) is 15.3 Å². The fraction of sp³-hybridized carbons (Fsp3) is 1.00. The lowest BCUT2D eigenvalue weighted by molar-refractivity contribution is 0.0991. The van der Waals surface area contributed by atoms with Crippen LogP contribution in [0.1, 0.15) is 34.1 Å². The molecular formula is C14H30N2S. The summed E-state index contributed by atoms with van der Waals surface area (Å²) in [6, 6.07) is 1.43. The monoisotopic (exact) mass is 258 g/mol. The van der Waals surface area contributed by atoms with Crippen molar-refractivity contribution in [2.24, 2.45) is 11.8 Å². The van der Waals surface area contributed by atoms with Crippen molar-refractivity contribution in [2.45, 2.75) is 46.2 Å². The Labute approximate surface area is 112 Å². The minimum atomic E-state index is 0.701. The Balaban J connectivity index is 2.50. The van der Waals surface area contributed by atoms with E-state index < -0.39 is 0 Å². The summed E-state index contributed by atoms with van der Waals surface area (Å²) in [6.45, 7) is 13.0. The van der Waals surface area contributed by atoms with E-state index in [9.17, 15) is 0 Å². The lowest BCUT2D eigenvalue weighted by atomic mass is 9.95. The molecule has 2 nitrogen and oxygen atoms in total. The van der Waals surface area contributed by atoms with Crippen molar-refractivity contribution in [1.29, 1.82) is 0 Å². The SMILES string of the molecule is CSCCN1CC(CC(C)C)NCC1C(C)C. The first-order valence-electron chi connectivity index (χ1n) is 7.01. The van der Waals surface area contributed by atoms with Crippen LogP contribution in [0.2, 0.25) is 0 Å². The molecule has 1 aliphatic rings. The molecule has 0 amide bonds. The zero-order chi connectivity index (χ0) is 12.8. The van der Waals surface area contributed by atoms with Gasteiger partial charge in [0.1, 0.15) is 0 Å². The molecule has 0 aromatic heterocycles. The third-order valence-corrected chi connectivity index (χ3v) is 4.24. The molecule has 0 aromatic carbocycles. The Morgan fingerprint density at radius 2 is 2.00 bits per heavy atom. The van der Waals surface area contributed by atoms with Crippen LogP contribution in [0.25, 0.3) is 0 Å². The molecule has 0 aromatic rings. The highest BCUT2D eigenvalue weighted by Crippen LogP contribution is 2.18. The highest BCUT2D eigenvalue weighted by atomic mass is 32.2. The zero-order valence-corrected chi connectivity index (χ0v) is 13.0. The van der Waals surface area contributed by atoms with Crippen LogP contribution in [-0.2, 0) is 0 Å². The normalized spacial score (nSPS) is 27.0. The minimum Gasteiger partial charge on any atom is -0.311 e. The van der Waals surface area contributed by atoms with Gasteiger partial charge in [0.05, 0.1) is 0 Å². The van der Waals surface area contributed by atoms with E-state index >= 15 is 0 Å². The first-order valence-corrected chi connectivity index (χ1v) is 8.40. The van der Waals surface area contributed by atoms with Gasteiger partial charge in [-0.15, -0.1) is 0 Å². The van der Waals surface area contributed by atoms with Crippen LogP contribution < -0.4 is 5.32 Å². The molecule has 1 N–H and O–H groups in total. The molecule has 102 valence electrons. The largest absolute Gasteiger partial charge is 0.311 e. The van der Waals surface area contributed by atoms with Crippen LogP contribution >= 0.6 is 11.8 Å². The van der Waals surface area contributed by atoms with Gasteiger partial charge in [0, 0.05) is 37.5 Å². The third-order valence-electron chi connectivity index (χ3n) is 3.65. The maximum absolute atomic E-state index is 3.74. The van der Waals surface area contributed by atoms with E-state index in [0.29, 0.717) is 6.04 Å². The van der Waals surface area contributed by atoms with E-state index in [2.05, 4.69) is 44.2 Å². The van der Waals surface area contributed by atoms with Crippen molar-refractivity contribution in [3.05, 3.63) is 0 Å². The van der Waals surface area contributed by atoms with Gasteiger partial charge in [0.2, 0.25) is 0 Å². The molecule has 0 spiro atoms. The molecule has 0 saturated carbocycles. The van der Waals surface area contributed by atoms with Crippen molar-refractivity contribution in [2.75, 3.05) is 31.6 Å². The number of hydrogen-bond donors (Lipinski definition) is 1. The molecule has 3 heteroatoms. The zero-order valence-electron chi connectivity index (χ0n) is 12.2. The number of nitrogens with zero attached hydrogens (tertiary/aromatic N) is 1. The Kier molecular flexibility index (Phi) is 6.90. The van der Waals surface area contributed by atoms with E-state index in [-0.39, 0.29) is 0 Å². The van der Waals surface area contributed by atoms with Crippen molar-refractivity contribution >= 4 is 11.8 Å². The average Bonchev–Trinajstić information content (AvgIpc) is 2.25. The van der Waals surface area contributed by atoms with Crippen LogP contribution in [0.3, 0.4) is 0 Å². The highest BCUT2D eigenvalue weighted by molar-refractivity contribution is 7.98. The lowest BCUT2D eigenvalue weighted by Crippen LogP contribution is -2.58. The van der Waals surface area contributed by atoms with Crippen LogP contribution in [0.4, 0.5) is 0 Å². The molecule has 1 fully saturated rings. The Hall–Kier alpha value is 0.270. The number of nitrogens with one attached hydrogen (secondary N) is 1. The van der Waals surface area contributed by atoms with Gasteiger partial charge >= 0.3 is 0 Å². The summed E-state index contributed by atoms with van der Waals surface area (Å²) >= 11 is 1.96. The second-order valence-corrected chi connectivity index (χ2v) is 7.02. The fourth-order valence-electron chi connectivity index (χ4n) is 2.75. The Morgan fingerprint density at radius 3 is 2.53 bits per heavy atom. The highest BCUT2D eigenvalue weighted by Gasteiger charge is 2.29. The van der Waals surface area contributed by atoms with Crippen molar-refractivity contribution in [3.63, 3.8) is 0 Å². The maximum atomic E-state index is 3.74. The van der Waals surface area contributed by atoms with Crippen LogP contribution in [0.15, 0.2) is 0 Å². The minimum absolute atomic E-state index is 0.701. The van der Waals surface area contributed by atoms with Crippen molar-refractivity contribution in [1.82, 2.24) is 10.2 Å². The predicted molar refractivity (Wildman–Crippen MR) is 79.8 cm³/mol. The molecule has 1 saturated heterocycles. The van der Waals surface area contributed by atoms with E-state index in [1.54, 1.807) is 0 Å². The van der Waals surface area contributed by atoms with Gasteiger partial charge in [0.25, 0.3) is 0 Å². The first-order chi connectivity index (χ1) is 8.04. The number of thioether (sulfide) groups is 1. The average molecular weight is 258 g/mol. The molecule has 1 aliphatic heterocycles. The van der Waals surface area contributed by atoms with E-state index in [1.807, 2.05) is 11.8 Å². The van der Waals surface area contributed by atoms with Gasteiger partial charge in [-0.1, -0.05) is 27.7 Å². The quantitative estimate of drug-likeness (QED) is 0.788. The lowest BCUT2D eigenvalue weighted by Gasteiger charge is -2.43. The number of piperazine rings is 1. The summed E-state index contributed by atoms with van der Waals surface area (Å²) in [7, 11) is 0. The van der Waals surface area contributed by atoms with Gasteiger partial charge in [-0.3, -0.25) is 4.90 Å². The molecule has 2 atom stereocenters. The standard InChI is InChI=1S/C14H30N2S/c1-11(2)8-13-10-16(6-7-17-5)14(9-15-13)12(3)4/h11-15H,6-10H2,1-5H3. The summed E-state index contributed by atoms with van der Waals surface area (Å²) in [5.41, 5.74) is 0. The molecule has 2 unspecified atom stereocenters. The summed E-state index contributed by atoms with van der Waals surface area (Å²) in [6.07, 6.45) is 3.51. The van der Waals surface area contributed by atoms with Crippen molar-refractivity contribution < 1.29 is 0 Å². The second-order valence-electron chi connectivity index (χ2n) is 6.03. The van der Waals surface area contributed by atoms with E-state index in [0.717, 1.165) is 17.9 Å². The summed E-state index contributed by atoms with van der Waals surface area (Å²) in [5, 5.41) is 3.74. The smallest absolute Gasteiger partial charge is 0.0244 e. The van der Waals surface area contributed by atoms with E-state index in [4.69, 9.17) is 0 Å². The van der Waals surface area contributed by atoms with Crippen LogP contribution in [-0.4, -0.2) is 48.6 Å². The van der Waals surface area contributed by atoms with E-state index in [1.165, 1.54) is 31.8 Å². The first kappa shape index (κ1) is 15.3. The molecule has 0 bridgehead atoms. The summed E-state index contributed by atoms with van der Waals surface area (Å²) in [5.74, 6) is 2.81. The Bertz CT molecular complexity index is 206. The maximum Gasteiger partial charge on any atom is 0.0244 e. The van der Waals surface area contributed by atoms with Gasteiger partial charge in [0.15, 0.2) is 0 Å². The fourth-order valence-corrected chi connectivity index (χ4v) is 3.17. The molecule has 0 aliphatic carbocycles. The van der Waals surface area contributed by atoms with Gasteiger partial charge < -0.3 is 5.32 Å². The summed E-state index contributed by atoms with van der Waals surface area (Å²) in [4.78, 5) is 2.71. The van der Waals surface area contributed by atoms with Gasteiger partial charge in [-0.25, -0.2) is 0 Å². The summed E-state index contributed by atoms with van der Waals surface area (Å²) < 4.78 is 0. The molecule has 0 radical (unpaired) electrons. The van der Waals surface area contributed by atoms with Crippen LogP contribution in [0.5, 0.6) is 0 Å². The molecule has 1 rings (SSSR count). The molecule has 1 heterocycles. The third kappa shape index (κ3) is 5.19. The predicted octanol–water partition coefficient (Wildman–Crippen LogP) is 2.69. The van der Waals surface area contributed by atoms with Gasteiger partial charge in [-0.05, 0) is 24.5 Å². The number of rotatable bonds is 6. The Morgan fingerprint density at radius 1 is 1.29 bits per heavy atom. The van der Waals surface area contributed by atoms with Gasteiger partial charge in [-0.2, -0.15) is 11.8 Å². The second kappa shape index (κ2) is 7.65. The van der Waals surface area contributed by atoms with Crippen molar-refractivity contribution in [3.8, 4) is 0 Å². The molecular weight excluding hydrogens is 228 g/mol. The van der Waals surface area contributed by atoms with Crippen LogP contribution in [0, 0.1) is 11.8 Å². The number of hydrogen-bond acceptors (Lipinski definition) is 3. The molecule has 17 heavy (non-hydrogen) atoms.